The van der Waals surface area contributed by atoms with Crippen LogP contribution in [-0.4, -0.2) is 51.8 Å². The third kappa shape index (κ3) is 5.77. The molecule has 0 unspecified atom stereocenters. The van der Waals surface area contributed by atoms with Gasteiger partial charge < -0.3 is 9.64 Å². The van der Waals surface area contributed by atoms with Gasteiger partial charge in [0.1, 0.15) is 6.61 Å². The van der Waals surface area contributed by atoms with Crippen LogP contribution in [0.15, 0.2) is 54.6 Å². The molecule has 0 aromatic heterocycles. The second-order valence-electron chi connectivity index (χ2n) is 7.69. The lowest BCUT2D eigenvalue weighted by molar-refractivity contribution is -0.166. The maximum Gasteiger partial charge on any atom is 0.429 e. The molecular weight excluding hydrogens is 422 g/mol. The Morgan fingerprint density at radius 3 is 2.15 bits per heavy atom. The molecule has 0 atom stereocenters. The molecule has 1 saturated heterocycles. The predicted octanol–water partition coefficient (Wildman–Crippen LogP) is 3.76. The predicted molar refractivity (Wildman–Crippen MR) is 122 cm³/mol. The Hall–Kier alpha value is -3.68. The highest BCUT2D eigenvalue weighted by Crippen LogP contribution is 2.21. The molecule has 33 heavy (non-hydrogen) atoms. The molecule has 0 aliphatic carbocycles. The van der Waals surface area contributed by atoms with Crippen molar-refractivity contribution in [2.45, 2.75) is 46.3 Å². The number of nitrogens with zero attached hydrogens (tertiary/aromatic N) is 3. The van der Waals surface area contributed by atoms with Crippen LogP contribution in [0.1, 0.15) is 54.6 Å². The van der Waals surface area contributed by atoms with E-state index in [0.717, 1.165) is 15.6 Å². The molecule has 0 radical (unpaired) electrons. The number of benzene rings is 2. The van der Waals surface area contributed by atoms with Gasteiger partial charge in [0.15, 0.2) is 0 Å². The van der Waals surface area contributed by atoms with Crippen LogP contribution in [0.25, 0.3) is 0 Å². The Balaban J connectivity index is 1.90. The first-order valence-corrected chi connectivity index (χ1v) is 11.2. The van der Waals surface area contributed by atoms with Crippen LogP contribution in [0.3, 0.4) is 0 Å². The standard InChI is InChI=1S/C25H29N3O5/c1-3-26(4-2)24(31)21-14-9-8-13-20(21)17-27(28-22(29)15-10-16-23(28)30)25(32)33-18-19-11-6-5-7-12-19/h5-9,11-14H,3-4,10,15-18H2,1-2H3. The zero-order valence-corrected chi connectivity index (χ0v) is 19.0. The highest BCUT2D eigenvalue weighted by molar-refractivity contribution is 5.99. The number of amides is 4. The Morgan fingerprint density at radius 1 is 0.909 bits per heavy atom. The smallest absolute Gasteiger partial charge is 0.429 e. The van der Waals surface area contributed by atoms with E-state index in [2.05, 4.69) is 0 Å². The fourth-order valence-electron chi connectivity index (χ4n) is 3.73. The first-order valence-electron chi connectivity index (χ1n) is 11.2. The van der Waals surface area contributed by atoms with Crippen molar-refractivity contribution in [3.8, 4) is 0 Å². The lowest BCUT2D eigenvalue weighted by Crippen LogP contribution is -2.54. The molecule has 1 aliphatic rings. The minimum Gasteiger partial charge on any atom is -0.443 e. The van der Waals surface area contributed by atoms with Crippen LogP contribution in [0.2, 0.25) is 0 Å². The maximum absolute atomic E-state index is 13.1. The Morgan fingerprint density at radius 2 is 1.52 bits per heavy atom. The van der Waals surface area contributed by atoms with Crippen molar-refractivity contribution < 1.29 is 23.9 Å². The second kappa shape index (κ2) is 11.3. The van der Waals surface area contributed by atoms with Crippen molar-refractivity contribution in [3.05, 3.63) is 71.3 Å². The van der Waals surface area contributed by atoms with E-state index in [0.29, 0.717) is 30.6 Å². The van der Waals surface area contributed by atoms with E-state index >= 15 is 0 Å². The zero-order chi connectivity index (χ0) is 23.8. The summed E-state index contributed by atoms with van der Waals surface area (Å²) in [6.07, 6.45) is -0.0619. The quantitative estimate of drug-likeness (QED) is 0.571. The number of ether oxygens (including phenoxy) is 1. The third-order valence-electron chi connectivity index (χ3n) is 5.53. The van der Waals surface area contributed by atoms with Gasteiger partial charge in [-0.3, -0.25) is 14.4 Å². The summed E-state index contributed by atoms with van der Waals surface area (Å²) in [5, 5.41) is 1.89. The largest absolute Gasteiger partial charge is 0.443 e. The van der Waals surface area contributed by atoms with E-state index in [-0.39, 0.29) is 31.9 Å². The number of carbonyl (C=O) groups excluding carboxylic acids is 4. The zero-order valence-electron chi connectivity index (χ0n) is 19.0. The summed E-state index contributed by atoms with van der Waals surface area (Å²) in [7, 11) is 0. The molecule has 2 aromatic carbocycles. The van der Waals surface area contributed by atoms with E-state index in [9.17, 15) is 19.2 Å². The molecule has 0 N–H and O–H groups in total. The highest BCUT2D eigenvalue weighted by atomic mass is 16.6. The lowest BCUT2D eigenvalue weighted by Gasteiger charge is -2.35. The van der Waals surface area contributed by atoms with E-state index in [1.54, 1.807) is 29.2 Å². The van der Waals surface area contributed by atoms with Gasteiger partial charge in [-0.2, -0.15) is 5.01 Å². The topological polar surface area (TPSA) is 87.2 Å². The van der Waals surface area contributed by atoms with Gasteiger partial charge >= 0.3 is 6.09 Å². The normalized spacial score (nSPS) is 13.6. The Kier molecular flexibility index (Phi) is 8.18. The summed E-state index contributed by atoms with van der Waals surface area (Å²) in [5.41, 5.74) is 1.72. The molecule has 1 aliphatic heterocycles. The highest BCUT2D eigenvalue weighted by Gasteiger charge is 2.36. The molecular formula is C25H29N3O5. The van der Waals surface area contributed by atoms with Crippen molar-refractivity contribution in [1.29, 1.82) is 0 Å². The summed E-state index contributed by atoms with van der Waals surface area (Å²) < 4.78 is 5.45. The van der Waals surface area contributed by atoms with Crippen LogP contribution in [-0.2, 0) is 27.5 Å². The molecule has 3 rings (SSSR count). The lowest BCUT2D eigenvalue weighted by atomic mass is 10.1. The third-order valence-corrected chi connectivity index (χ3v) is 5.53. The van der Waals surface area contributed by atoms with Crippen molar-refractivity contribution in [2.24, 2.45) is 0 Å². The van der Waals surface area contributed by atoms with Crippen LogP contribution in [0.4, 0.5) is 4.79 Å². The van der Waals surface area contributed by atoms with Crippen LogP contribution >= 0.6 is 0 Å². The molecule has 0 bridgehead atoms. The molecule has 2 aromatic rings. The average Bonchev–Trinajstić information content (AvgIpc) is 2.83. The van der Waals surface area contributed by atoms with Crippen molar-refractivity contribution in [3.63, 3.8) is 0 Å². The van der Waals surface area contributed by atoms with Crippen molar-refractivity contribution in [2.75, 3.05) is 13.1 Å². The fraction of sp³-hybridized carbons (Fsp3) is 0.360. The minimum absolute atomic E-state index is 0.00752. The number of imide groups is 1. The van der Waals surface area contributed by atoms with Gasteiger partial charge in [0.2, 0.25) is 11.8 Å². The number of piperidine rings is 1. The molecule has 174 valence electrons. The van der Waals surface area contributed by atoms with E-state index in [4.69, 9.17) is 4.74 Å². The van der Waals surface area contributed by atoms with E-state index in [1.165, 1.54) is 0 Å². The fourth-order valence-corrected chi connectivity index (χ4v) is 3.73. The molecule has 0 spiro atoms. The average molecular weight is 452 g/mol. The Labute approximate surface area is 193 Å². The minimum atomic E-state index is -0.826. The summed E-state index contributed by atoms with van der Waals surface area (Å²) in [6.45, 7) is 4.70. The van der Waals surface area contributed by atoms with Gasteiger partial charge in [-0.1, -0.05) is 48.5 Å². The Bertz CT molecular complexity index is 988. The van der Waals surface area contributed by atoms with Gasteiger partial charge in [0.05, 0.1) is 6.54 Å². The number of hydrogen-bond acceptors (Lipinski definition) is 5. The van der Waals surface area contributed by atoms with Crippen molar-refractivity contribution in [1.82, 2.24) is 14.9 Å². The number of hydrogen-bond donors (Lipinski definition) is 0. The first-order chi connectivity index (χ1) is 16.0. The monoisotopic (exact) mass is 451 g/mol. The van der Waals surface area contributed by atoms with Gasteiger partial charge in [-0.05, 0) is 37.5 Å². The van der Waals surface area contributed by atoms with Crippen LogP contribution < -0.4 is 0 Å². The molecule has 8 heteroatoms. The second-order valence-corrected chi connectivity index (χ2v) is 7.69. The van der Waals surface area contributed by atoms with Gasteiger partial charge in [0.25, 0.3) is 5.91 Å². The van der Waals surface area contributed by atoms with Gasteiger partial charge in [-0.25, -0.2) is 9.80 Å². The summed E-state index contributed by atoms with van der Waals surface area (Å²) >= 11 is 0. The van der Waals surface area contributed by atoms with Gasteiger partial charge in [-0.15, -0.1) is 0 Å². The number of carbonyl (C=O) groups is 4. The molecule has 1 fully saturated rings. The molecule has 8 nitrogen and oxygen atoms in total. The summed E-state index contributed by atoms with van der Waals surface area (Å²) in [5.74, 6) is -1.10. The van der Waals surface area contributed by atoms with Crippen LogP contribution in [0.5, 0.6) is 0 Å². The van der Waals surface area contributed by atoms with Crippen LogP contribution in [0, 0.1) is 0 Å². The molecule has 1 heterocycles. The van der Waals surface area contributed by atoms with Gasteiger partial charge in [0, 0.05) is 31.5 Å². The SMILES string of the molecule is CCN(CC)C(=O)c1ccccc1CN(C(=O)OCc1ccccc1)N1C(=O)CCCC1=O. The summed E-state index contributed by atoms with van der Waals surface area (Å²) in [6, 6.07) is 16.0. The summed E-state index contributed by atoms with van der Waals surface area (Å²) in [4.78, 5) is 53.0. The van der Waals surface area contributed by atoms with E-state index < -0.39 is 17.9 Å². The number of hydrazine groups is 1. The number of rotatable bonds is 8. The maximum atomic E-state index is 13.1. The first kappa shape index (κ1) is 24.0. The van der Waals surface area contributed by atoms with E-state index in [1.807, 2.05) is 44.2 Å². The van der Waals surface area contributed by atoms with Crippen molar-refractivity contribution >= 4 is 23.8 Å². The molecule has 4 amide bonds. The molecule has 0 saturated carbocycles.